The third kappa shape index (κ3) is 2.14. The molecule has 0 aliphatic carbocycles. The SMILES string of the molecule is Nc1nc2cc(Cl)ccc2n1-c1cc(Cl)ccc1Cl. The summed E-state index contributed by atoms with van der Waals surface area (Å²) in [7, 11) is 0. The van der Waals surface area contributed by atoms with Crippen molar-refractivity contribution in [3.63, 3.8) is 0 Å². The van der Waals surface area contributed by atoms with Crippen LogP contribution >= 0.6 is 34.8 Å². The van der Waals surface area contributed by atoms with Gasteiger partial charge in [-0.05, 0) is 36.4 Å². The fourth-order valence-corrected chi connectivity index (χ4v) is 2.52. The van der Waals surface area contributed by atoms with Gasteiger partial charge in [0.05, 0.1) is 21.7 Å². The number of hydrogen-bond donors (Lipinski definition) is 1. The first-order valence-electron chi connectivity index (χ1n) is 5.45. The summed E-state index contributed by atoms with van der Waals surface area (Å²) in [4.78, 5) is 4.28. The Labute approximate surface area is 124 Å². The van der Waals surface area contributed by atoms with Crippen molar-refractivity contribution in [1.29, 1.82) is 0 Å². The average Bonchev–Trinajstić information content (AvgIpc) is 2.67. The number of aromatic nitrogens is 2. The van der Waals surface area contributed by atoms with Gasteiger partial charge in [-0.25, -0.2) is 4.98 Å². The zero-order valence-electron chi connectivity index (χ0n) is 9.57. The van der Waals surface area contributed by atoms with Crippen LogP contribution in [0.5, 0.6) is 0 Å². The summed E-state index contributed by atoms with van der Waals surface area (Å²) in [5.41, 5.74) is 8.19. The number of hydrogen-bond acceptors (Lipinski definition) is 2. The van der Waals surface area contributed by atoms with Crippen molar-refractivity contribution in [2.45, 2.75) is 0 Å². The molecule has 0 amide bonds. The van der Waals surface area contributed by atoms with Crippen molar-refractivity contribution < 1.29 is 0 Å². The van der Waals surface area contributed by atoms with E-state index in [-0.39, 0.29) is 0 Å². The number of nitrogen functional groups attached to an aromatic ring is 1. The molecule has 3 nitrogen and oxygen atoms in total. The van der Waals surface area contributed by atoms with Crippen LogP contribution in [0.25, 0.3) is 16.7 Å². The van der Waals surface area contributed by atoms with Crippen LogP contribution in [0.2, 0.25) is 15.1 Å². The Balaban J connectivity index is 2.36. The molecular weight excluding hydrogens is 305 g/mol. The minimum atomic E-state index is 0.335. The number of nitrogens with zero attached hydrogens (tertiary/aromatic N) is 2. The Kier molecular flexibility index (Phi) is 3.05. The maximum atomic E-state index is 6.20. The first-order chi connectivity index (χ1) is 9.06. The highest BCUT2D eigenvalue weighted by Gasteiger charge is 2.13. The normalized spacial score (nSPS) is 11.1. The van der Waals surface area contributed by atoms with E-state index in [1.165, 1.54) is 0 Å². The highest BCUT2D eigenvalue weighted by Crippen LogP contribution is 2.31. The van der Waals surface area contributed by atoms with E-state index in [0.29, 0.717) is 32.2 Å². The van der Waals surface area contributed by atoms with Crippen LogP contribution in [-0.2, 0) is 0 Å². The van der Waals surface area contributed by atoms with Crippen LogP contribution in [-0.4, -0.2) is 9.55 Å². The standard InChI is InChI=1S/C13H8Cl3N3/c14-7-2-4-11-10(5-7)18-13(17)19(11)12-6-8(15)1-3-9(12)16/h1-6H,(H2,17,18). The lowest BCUT2D eigenvalue weighted by Crippen LogP contribution is -2.01. The van der Waals surface area contributed by atoms with Gasteiger partial charge in [0.25, 0.3) is 0 Å². The molecule has 0 saturated heterocycles. The van der Waals surface area contributed by atoms with Gasteiger partial charge >= 0.3 is 0 Å². The van der Waals surface area contributed by atoms with E-state index in [2.05, 4.69) is 4.98 Å². The molecule has 0 bridgehead atoms. The third-order valence-electron chi connectivity index (χ3n) is 2.79. The van der Waals surface area contributed by atoms with Gasteiger partial charge in [0.15, 0.2) is 0 Å². The molecule has 0 spiro atoms. The van der Waals surface area contributed by atoms with Crippen molar-refractivity contribution in [2.24, 2.45) is 0 Å². The summed E-state index contributed by atoms with van der Waals surface area (Å²) in [6, 6.07) is 10.6. The van der Waals surface area contributed by atoms with Crippen molar-refractivity contribution >= 4 is 51.8 Å². The lowest BCUT2D eigenvalue weighted by Gasteiger charge is -2.09. The van der Waals surface area contributed by atoms with Crippen molar-refractivity contribution in [3.8, 4) is 5.69 Å². The van der Waals surface area contributed by atoms with Gasteiger partial charge < -0.3 is 5.73 Å². The number of rotatable bonds is 1. The molecule has 0 saturated carbocycles. The molecule has 1 heterocycles. The highest BCUT2D eigenvalue weighted by atomic mass is 35.5. The van der Waals surface area contributed by atoms with E-state index in [1.807, 2.05) is 6.07 Å². The summed E-state index contributed by atoms with van der Waals surface area (Å²) in [6.07, 6.45) is 0. The van der Waals surface area contributed by atoms with Gasteiger partial charge in [0.2, 0.25) is 5.95 Å². The van der Waals surface area contributed by atoms with Gasteiger partial charge in [0.1, 0.15) is 0 Å². The van der Waals surface area contributed by atoms with E-state index in [4.69, 9.17) is 40.5 Å². The summed E-state index contributed by atoms with van der Waals surface area (Å²) >= 11 is 18.2. The maximum Gasteiger partial charge on any atom is 0.205 e. The second kappa shape index (κ2) is 4.60. The van der Waals surface area contributed by atoms with Crippen LogP contribution in [0, 0.1) is 0 Å². The van der Waals surface area contributed by atoms with E-state index < -0.39 is 0 Å². The first kappa shape index (κ1) is 12.6. The zero-order valence-corrected chi connectivity index (χ0v) is 11.8. The number of anilines is 1. The second-order valence-electron chi connectivity index (χ2n) is 4.03. The minimum Gasteiger partial charge on any atom is -0.369 e. The number of imidazole rings is 1. The Hall–Kier alpha value is -1.42. The molecule has 1 aromatic heterocycles. The zero-order chi connectivity index (χ0) is 13.6. The van der Waals surface area contributed by atoms with E-state index >= 15 is 0 Å². The van der Waals surface area contributed by atoms with E-state index in [9.17, 15) is 0 Å². The number of fused-ring (bicyclic) bond motifs is 1. The molecule has 3 aromatic rings. The largest absolute Gasteiger partial charge is 0.369 e. The van der Waals surface area contributed by atoms with Crippen LogP contribution in [0.1, 0.15) is 0 Å². The Morgan fingerprint density at radius 3 is 2.42 bits per heavy atom. The average molecular weight is 313 g/mol. The molecule has 0 aliphatic rings. The molecular formula is C13H8Cl3N3. The molecule has 2 aromatic carbocycles. The Morgan fingerprint density at radius 2 is 1.63 bits per heavy atom. The van der Waals surface area contributed by atoms with Gasteiger partial charge in [-0.1, -0.05) is 34.8 Å². The monoisotopic (exact) mass is 311 g/mol. The molecule has 0 fully saturated rings. The van der Waals surface area contributed by atoms with E-state index in [0.717, 1.165) is 5.52 Å². The van der Waals surface area contributed by atoms with Crippen LogP contribution < -0.4 is 5.73 Å². The smallest absolute Gasteiger partial charge is 0.205 e. The van der Waals surface area contributed by atoms with Crippen molar-refractivity contribution in [1.82, 2.24) is 9.55 Å². The molecule has 0 aliphatic heterocycles. The Morgan fingerprint density at radius 1 is 0.947 bits per heavy atom. The number of nitrogens with two attached hydrogens (primary N) is 1. The quantitative estimate of drug-likeness (QED) is 0.715. The molecule has 0 unspecified atom stereocenters. The molecule has 0 atom stereocenters. The van der Waals surface area contributed by atoms with Crippen LogP contribution in [0.3, 0.4) is 0 Å². The molecule has 0 radical (unpaired) electrons. The predicted octanol–water partition coefficient (Wildman–Crippen LogP) is 4.57. The highest BCUT2D eigenvalue weighted by molar-refractivity contribution is 6.34. The molecule has 2 N–H and O–H groups in total. The Bertz CT molecular complexity index is 780. The molecule has 6 heteroatoms. The van der Waals surface area contributed by atoms with Gasteiger partial charge in [-0.3, -0.25) is 4.57 Å². The maximum absolute atomic E-state index is 6.20. The lowest BCUT2D eigenvalue weighted by atomic mass is 10.2. The van der Waals surface area contributed by atoms with Gasteiger partial charge in [0, 0.05) is 10.0 Å². The van der Waals surface area contributed by atoms with Gasteiger partial charge in [-0.2, -0.15) is 0 Å². The third-order valence-corrected chi connectivity index (χ3v) is 3.58. The lowest BCUT2D eigenvalue weighted by molar-refractivity contribution is 1.11. The van der Waals surface area contributed by atoms with E-state index in [1.54, 1.807) is 34.9 Å². The minimum absolute atomic E-state index is 0.335. The molecule has 96 valence electrons. The molecule has 3 rings (SSSR count). The summed E-state index contributed by atoms with van der Waals surface area (Å²) < 4.78 is 1.75. The molecule has 19 heavy (non-hydrogen) atoms. The topological polar surface area (TPSA) is 43.8 Å². The summed E-state index contributed by atoms with van der Waals surface area (Å²) in [6.45, 7) is 0. The second-order valence-corrected chi connectivity index (χ2v) is 5.31. The van der Waals surface area contributed by atoms with Crippen molar-refractivity contribution in [3.05, 3.63) is 51.5 Å². The van der Waals surface area contributed by atoms with Gasteiger partial charge in [-0.15, -0.1) is 0 Å². The fourth-order valence-electron chi connectivity index (χ4n) is 1.98. The first-order valence-corrected chi connectivity index (χ1v) is 6.58. The summed E-state index contributed by atoms with van der Waals surface area (Å²) in [5.74, 6) is 0.335. The fraction of sp³-hybridized carbons (Fsp3) is 0. The van der Waals surface area contributed by atoms with Crippen LogP contribution in [0.4, 0.5) is 5.95 Å². The van der Waals surface area contributed by atoms with Crippen molar-refractivity contribution in [2.75, 3.05) is 5.73 Å². The number of halogens is 3. The predicted molar refractivity (Wildman–Crippen MR) is 80.5 cm³/mol. The van der Waals surface area contributed by atoms with Crippen LogP contribution in [0.15, 0.2) is 36.4 Å². The number of benzene rings is 2. The summed E-state index contributed by atoms with van der Waals surface area (Å²) in [5, 5.41) is 1.73.